The van der Waals surface area contributed by atoms with Gasteiger partial charge in [0.25, 0.3) is 0 Å². The lowest BCUT2D eigenvalue weighted by atomic mass is 10.0. The zero-order valence-electron chi connectivity index (χ0n) is 9.18. The molecule has 3 N–H and O–H groups in total. The van der Waals surface area contributed by atoms with Crippen molar-refractivity contribution in [3.05, 3.63) is 28.5 Å². The maximum Gasteiger partial charge on any atom is 0.226 e. The van der Waals surface area contributed by atoms with Crippen molar-refractivity contribution in [1.29, 1.82) is 0 Å². The van der Waals surface area contributed by atoms with Crippen LogP contribution in [0.2, 0.25) is 0 Å². The molecule has 0 saturated carbocycles. The molecule has 0 unspecified atom stereocenters. The van der Waals surface area contributed by atoms with E-state index in [1.807, 2.05) is 0 Å². The van der Waals surface area contributed by atoms with E-state index in [0.29, 0.717) is 10.2 Å². The SMILES string of the molecule is CC(C)(N)CC(=O)Nc1ccc(F)c(Br)c1. The molecule has 0 fully saturated rings. The van der Waals surface area contributed by atoms with Crippen molar-refractivity contribution in [2.24, 2.45) is 5.73 Å². The Hall–Kier alpha value is -0.940. The molecule has 16 heavy (non-hydrogen) atoms. The fourth-order valence-corrected chi connectivity index (χ4v) is 1.57. The first-order valence-electron chi connectivity index (χ1n) is 4.82. The van der Waals surface area contributed by atoms with E-state index in [-0.39, 0.29) is 18.1 Å². The van der Waals surface area contributed by atoms with Crippen molar-refractivity contribution >= 4 is 27.5 Å². The van der Waals surface area contributed by atoms with Gasteiger partial charge in [-0.25, -0.2) is 4.39 Å². The standard InChI is InChI=1S/C11H14BrFN2O/c1-11(2,14)6-10(16)15-7-3-4-9(13)8(12)5-7/h3-5H,6,14H2,1-2H3,(H,15,16). The van der Waals surface area contributed by atoms with Crippen molar-refractivity contribution in [2.45, 2.75) is 25.8 Å². The molecule has 0 atom stereocenters. The van der Waals surface area contributed by atoms with E-state index in [1.165, 1.54) is 18.2 Å². The van der Waals surface area contributed by atoms with Gasteiger partial charge in [0, 0.05) is 17.6 Å². The second kappa shape index (κ2) is 4.93. The number of carbonyl (C=O) groups is 1. The summed E-state index contributed by atoms with van der Waals surface area (Å²) in [5, 5.41) is 2.65. The molecule has 1 aromatic carbocycles. The van der Waals surface area contributed by atoms with Gasteiger partial charge in [0.05, 0.1) is 4.47 Å². The Morgan fingerprint density at radius 2 is 2.19 bits per heavy atom. The highest BCUT2D eigenvalue weighted by Gasteiger charge is 2.16. The van der Waals surface area contributed by atoms with E-state index >= 15 is 0 Å². The lowest BCUT2D eigenvalue weighted by molar-refractivity contribution is -0.117. The van der Waals surface area contributed by atoms with Crippen LogP contribution >= 0.6 is 15.9 Å². The van der Waals surface area contributed by atoms with E-state index in [9.17, 15) is 9.18 Å². The number of hydrogen-bond donors (Lipinski definition) is 2. The third-order valence-corrected chi connectivity index (χ3v) is 2.43. The molecule has 3 nitrogen and oxygen atoms in total. The molecule has 1 rings (SSSR count). The second-order valence-electron chi connectivity index (χ2n) is 4.34. The third-order valence-electron chi connectivity index (χ3n) is 1.82. The van der Waals surface area contributed by atoms with Crippen molar-refractivity contribution in [3.63, 3.8) is 0 Å². The lowest BCUT2D eigenvalue weighted by Crippen LogP contribution is -2.36. The molecule has 5 heteroatoms. The Kier molecular flexibility index (Phi) is 4.04. The molecule has 1 aromatic rings. The van der Waals surface area contributed by atoms with Crippen LogP contribution in [0.5, 0.6) is 0 Å². The van der Waals surface area contributed by atoms with Crippen LogP contribution in [0.1, 0.15) is 20.3 Å². The quantitative estimate of drug-likeness (QED) is 0.898. The summed E-state index contributed by atoms with van der Waals surface area (Å²) in [5.41, 5.74) is 5.70. The molecule has 0 bridgehead atoms. The molecule has 0 heterocycles. The lowest BCUT2D eigenvalue weighted by Gasteiger charge is -2.17. The fourth-order valence-electron chi connectivity index (χ4n) is 1.19. The van der Waals surface area contributed by atoms with E-state index in [4.69, 9.17) is 5.73 Å². The molecule has 1 amide bonds. The Bertz CT molecular complexity index is 401. The first-order valence-corrected chi connectivity index (χ1v) is 5.61. The number of amides is 1. The minimum Gasteiger partial charge on any atom is -0.326 e. The van der Waals surface area contributed by atoms with E-state index < -0.39 is 5.54 Å². The van der Waals surface area contributed by atoms with Crippen LogP contribution in [0.4, 0.5) is 10.1 Å². The van der Waals surface area contributed by atoms with E-state index in [2.05, 4.69) is 21.2 Å². The molecule has 0 aliphatic rings. The molecule has 0 aliphatic heterocycles. The Labute approximate surface area is 102 Å². The summed E-state index contributed by atoms with van der Waals surface area (Å²) in [6, 6.07) is 4.30. The van der Waals surface area contributed by atoms with E-state index in [1.54, 1.807) is 13.8 Å². The number of hydrogen-bond acceptors (Lipinski definition) is 2. The highest BCUT2D eigenvalue weighted by atomic mass is 79.9. The van der Waals surface area contributed by atoms with E-state index in [0.717, 1.165) is 0 Å². The molecular formula is C11H14BrFN2O. The zero-order valence-corrected chi connectivity index (χ0v) is 10.8. The third kappa shape index (κ3) is 4.28. The van der Waals surface area contributed by atoms with Gasteiger partial charge in [-0.1, -0.05) is 0 Å². The predicted octanol–water partition coefficient (Wildman–Crippen LogP) is 2.65. The number of rotatable bonds is 3. The molecule has 0 spiro atoms. The van der Waals surface area contributed by atoms with Crippen molar-refractivity contribution in [2.75, 3.05) is 5.32 Å². The van der Waals surface area contributed by atoms with Crippen LogP contribution in [-0.2, 0) is 4.79 Å². The van der Waals surface area contributed by atoms with Crippen LogP contribution < -0.4 is 11.1 Å². The van der Waals surface area contributed by atoms with Gasteiger partial charge in [0.2, 0.25) is 5.91 Å². The van der Waals surface area contributed by atoms with Crippen LogP contribution in [0.25, 0.3) is 0 Å². The van der Waals surface area contributed by atoms with Crippen LogP contribution in [-0.4, -0.2) is 11.4 Å². The number of halogens is 2. The summed E-state index contributed by atoms with van der Waals surface area (Å²) in [4.78, 5) is 11.5. The first-order chi connectivity index (χ1) is 7.28. The Morgan fingerprint density at radius 3 is 2.69 bits per heavy atom. The Balaban J connectivity index is 2.67. The zero-order chi connectivity index (χ0) is 12.3. The number of carbonyl (C=O) groups excluding carboxylic acids is 1. The summed E-state index contributed by atoms with van der Waals surface area (Å²) < 4.78 is 13.2. The van der Waals surface area contributed by atoms with Crippen molar-refractivity contribution in [1.82, 2.24) is 0 Å². The van der Waals surface area contributed by atoms with Crippen LogP contribution in [0.3, 0.4) is 0 Å². The van der Waals surface area contributed by atoms with Gasteiger partial charge in [-0.2, -0.15) is 0 Å². The minimum absolute atomic E-state index is 0.189. The molecule has 88 valence electrons. The number of anilines is 1. The summed E-state index contributed by atoms with van der Waals surface area (Å²) >= 11 is 3.05. The molecule has 0 aromatic heterocycles. The summed E-state index contributed by atoms with van der Waals surface area (Å²) in [6.45, 7) is 3.54. The van der Waals surface area contributed by atoms with Gasteiger partial charge in [-0.3, -0.25) is 4.79 Å². The minimum atomic E-state index is -0.554. The molecule has 0 saturated heterocycles. The largest absolute Gasteiger partial charge is 0.326 e. The Morgan fingerprint density at radius 1 is 1.56 bits per heavy atom. The second-order valence-corrected chi connectivity index (χ2v) is 5.20. The van der Waals surface area contributed by atoms with Crippen LogP contribution in [0, 0.1) is 5.82 Å². The average Bonchev–Trinajstić information content (AvgIpc) is 2.08. The van der Waals surface area contributed by atoms with Gasteiger partial charge < -0.3 is 11.1 Å². The number of nitrogens with two attached hydrogens (primary N) is 1. The molecular weight excluding hydrogens is 275 g/mol. The van der Waals surface area contributed by atoms with Gasteiger partial charge in [-0.15, -0.1) is 0 Å². The summed E-state index contributed by atoms with van der Waals surface area (Å²) in [6.07, 6.45) is 0.210. The smallest absolute Gasteiger partial charge is 0.226 e. The maximum atomic E-state index is 12.9. The first kappa shape index (κ1) is 13.1. The highest BCUT2D eigenvalue weighted by molar-refractivity contribution is 9.10. The van der Waals surface area contributed by atoms with Crippen molar-refractivity contribution < 1.29 is 9.18 Å². The average molecular weight is 289 g/mol. The van der Waals surface area contributed by atoms with Crippen LogP contribution in [0.15, 0.2) is 22.7 Å². The number of benzene rings is 1. The summed E-state index contributed by atoms with van der Waals surface area (Å²) in [5.74, 6) is -0.553. The summed E-state index contributed by atoms with van der Waals surface area (Å²) in [7, 11) is 0. The molecule has 0 aliphatic carbocycles. The maximum absolute atomic E-state index is 12.9. The van der Waals surface area contributed by atoms with Gasteiger partial charge >= 0.3 is 0 Å². The monoisotopic (exact) mass is 288 g/mol. The number of nitrogens with one attached hydrogen (secondary N) is 1. The molecule has 0 radical (unpaired) electrons. The predicted molar refractivity (Wildman–Crippen MR) is 65.6 cm³/mol. The van der Waals surface area contributed by atoms with Gasteiger partial charge in [0.1, 0.15) is 5.82 Å². The fraction of sp³-hybridized carbons (Fsp3) is 0.364. The van der Waals surface area contributed by atoms with Crippen molar-refractivity contribution in [3.8, 4) is 0 Å². The van der Waals surface area contributed by atoms with Gasteiger partial charge in [-0.05, 0) is 48.0 Å². The van der Waals surface area contributed by atoms with Gasteiger partial charge in [0.15, 0.2) is 0 Å². The highest BCUT2D eigenvalue weighted by Crippen LogP contribution is 2.20. The normalized spacial score (nSPS) is 11.3. The topological polar surface area (TPSA) is 55.1 Å².